The van der Waals surface area contributed by atoms with Crippen molar-refractivity contribution >= 4 is 29.6 Å². The van der Waals surface area contributed by atoms with Crippen LogP contribution in [0.2, 0.25) is 5.02 Å². The first kappa shape index (κ1) is 24.8. The van der Waals surface area contributed by atoms with Crippen molar-refractivity contribution in [1.82, 2.24) is 9.13 Å². The van der Waals surface area contributed by atoms with E-state index in [-0.39, 0.29) is 20.6 Å². The summed E-state index contributed by atoms with van der Waals surface area (Å²) >= 11 is 7.11. The predicted molar refractivity (Wildman–Crippen MR) is 118 cm³/mol. The van der Waals surface area contributed by atoms with Crippen LogP contribution >= 0.6 is 23.4 Å². The van der Waals surface area contributed by atoms with E-state index < -0.39 is 39.9 Å². The van der Waals surface area contributed by atoms with Crippen LogP contribution < -0.4 is 11.2 Å². The summed E-state index contributed by atoms with van der Waals surface area (Å²) in [6.07, 6.45) is -3.22. The van der Waals surface area contributed by atoms with Crippen molar-refractivity contribution in [3.63, 3.8) is 0 Å². The molecule has 11 heteroatoms. The molecular weight excluding hydrogens is 484 g/mol. The Kier molecular flexibility index (Phi) is 7.48. The molecule has 5 nitrogen and oxygen atoms in total. The molecule has 2 aromatic carbocycles. The monoisotopic (exact) mass is 500 g/mol. The lowest BCUT2D eigenvalue weighted by molar-refractivity contribution is -0.144. The largest absolute Gasteiger partial charge is 0.431 e. The lowest BCUT2D eigenvalue weighted by Crippen LogP contribution is -2.41. The molecule has 0 fully saturated rings. The zero-order valence-corrected chi connectivity index (χ0v) is 18.7. The van der Waals surface area contributed by atoms with Crippen LogP contribution in [0.25, 0.3) is 5.69 Å². The van der Waals surface area contributed by atoms with Crippen LogP contribution in [-0.4, -0.2) is 20.7 Å². The first-order valence-corrected chi connectivity index (χ1v) is 10.8. The average Bonchev–Trinajstić information content (AvgIpc) is 2.76. The third kappa shape index (κ3) is 5.56. The molecule has 3 rings (SSSR count). The van der Waals surface area contributed by atoms with E-state index in [2.05, 4.69) is 0 Å². The highest BCUT2D eigenvalue weighted by Crippen LogP contribution is 2.34. The number of hydrogen-bond donors (Lipinski definition) is 0. The molecule has 1 atom stereocenters. The van der Waals surface area contributed by atoms with Crippen molar-refractivity contribution in [2.24, 2.45) is 7.05 Å². The molecule has 0 aliphatic rings. The van der Waals surface area contributed by atoms with Crippen LogP contribution in [0.15, 0.2) is 63.0 Å². The number of thioether (sulfide) groups is 1. The van der Waals surface area contributed by atoms with Gasteiger partial charge in [0.1, 0.15) is 17.8 Å². The van der Waals surface area contributed by atoms with Gasteiger partial charge in [-0.1, -0.05) is 41.9 Å². The minimum Gasteiger partial charge on any atom is -0.302 e. The molecule has 0 bridgehead atoms. The maximum absolute atomic E-state index is 14.6. The zero-order chi connectivity index (χ0) is 24.3. The number of aryl methyl sites for hydroxylation is 1. The van der Waals surface area contributed by atoms with E-state index in [0.717, 1.165) is 36.5 Å². The molecule has 33 heavy (non-hydrogen) atoms. The summed E-state index contributed by atoms with van der Waals surface area (Å²) in [5.41, 5.74) is -3.73. The molecule has 174 valence electrons. The summed E-state index contributed by atoms with van der Waals surface area (Å²) in [4.78, 5) is 36.6. The Balaban J connectivity index is 1.98. The van der Waals surface area contributed by atoms with Gasteiger partial charge < -0.3 is 4.79 Å². The Morgan fingerprint density at radius 1 is 1.12 bits per heavy atom. The van der Waals surface area contributed by atoms with Crippen molar-refractivity contribution in [1.29, 1.82) is 0 Å². The standard InChI is InChI=1S/C22H17ClF4N2O3S/c1-28-19(22(25,26)27)11-20(31)29(21(28)32)17-10-18(15(23)9-16(17)24)33-14(12-30)8-7-13-5-3-2-4-6-13/h2-6,9-12,14H,7-8H2,1H3. The van der Waals surface area contributed by atoms with Crippen LogP contribution in [0, 0.1) is 5.82 Å². The van der Waals surface area contributed by atoms with E-state index in [4.69, 9.17) is 11.6 Å². The number of nitrogens with zero attached hydrogens (tertiary/aromatic N) is 2. The van der Waals surface area contributed by atoms with Gasteiger partial charge in [0.25, 0.3) is 5.56 Å². The molecule has 0 saturated heterocycles. The number of hydrogen-bond acceptors (Lipinski definition) is 4. The molecule has 0 N–H and O–H groups in total. The molecule has 1 heterocycles. The fraction of sp³-hybridized carbons (Fsp3) is 0.227. The Morgan fingerprint density at radius 2 is 1.79 bits per heavy atom. The molecule has 0 amide bonds. The summed E-state index contributed by atoms with van der Waals surface area (Å²) < 4.78 is 54.4. The third-order valence-corrected chi connectivity index (χ3v) is 6.51. The lowest BCUT2D eigenvalue weighted by atomic mass is 10.1. The van der Waals surface area contributed by atoms with Crippen molar-refractivity contribution in [3.8, 4) is 5.69 Å². The van der Waals surface area contributed by atoms with Gasteiger partial charge in [-0.25, -0.2) is 13.8 Å². The summed E-state index contributed by atoms with van der Waals surface area (Å²) in [6.45, 7) is 0. The number of carbonyl (C=O) groups excluding carboxylic acids is 1. The molecule has 0 radical (unpaired) electrons. The molecule has 1 unspecified atom stereocenters. The minimum atomic E-state index is -4.94. The van der Waals surface area contributed by atoms with Crippen LogP contribution in [0.4, 0.5) is 17.6 Å². The van der Waals surface area contributed by atoms with Gasteiger partial charge in [-0.15, -0.1) is 11.8 Å². The summed E-state index contributed by atoms with van der Waals surface area (Å²) in [6, 6.07) is 11.6. The van der Waals surface area contributed by atoms with Gasteiger partial charge in [0, 0.05) is 18.0 Å². The fourth-order valence-electron chi connectivity index (χ4n) is 3.17. The number of alkyl halides is 3. The van der Waals surface area contributed by atoms with E-state index in [0.29, 0.717) is 23.7 Å². The van der Waals surface area contributed by atoms with Crippen molar-refractivity contribution in [3.05, 3.63) is 91.5 Å². The SMILES string of the molecule is Cn1c(C(F)(F)F)cc(=O)n(-c2cc(SC(C=O)CCc3ccccc3)c(Cl)cc2F)c1=O. The molecule has 0 aliphatic carbocycles. The summed E-state index contributed by atoms with van der Waals surface area (Å²) in [5.74, 6) is -1.07. The Bertz CT molecular complexity index is 1290. The second-order valence-corrected chi connectivity index (χ2v) is 8.78. The molecule has 0 saturated carbocycles. The van der Waals surface area contributed by atoms with E-state index in [1.807, 2.05) is 30.3 Å². The number of aromatic nitrogens is 2. The number of rotatable bonds is 7. The Labute approximate surface area is 194 Å². The van der Waals surface area contributed by atoms with Crippen molar-refractivity contribution < 1.29 is 22.4 Å². The maximum Gasteiger partial charge on any atom is 0.431 e. The minimum absolute atomic E-state index is 0.0652. The number of halogens is 5. The third-order valence-electron chi connectivity index (χ3n) is 4.84. The van der Waals surface area contributed by atoms with Gasteiger partial charge in [0.2, 0.25) is 0 Å². The number of aldehydes is 1. The zero-order valence-electron chi connectivity index (χ0n) is 17.1. The molecule has 1 aromatic heterocycles. The van der Waals surface area contributed by atoms with Crippen LogP contribution in [0.3, 0.4) is 0 Å². The molecule has 0 aliphatic heterocycles. The van der Waals surface area contributed by atoms with E-state index in [1.165, 1.54) is 0 Å². The van der Waals surface area contributed by atoms with Crippen molar-refractivity contribution in [2.45, 2.75) is 29.2 Å². The number of benzene rings is 2. The average molecular weight is 501 g/mol. The van der Waals surface area contributed by atoms with Gasteiger partial charge in [0.15, 0.2) is 0 Å². The second kappa shape index (κ2) is 9.96. The van der Waals surface area contributed by atoms with Crippen LogP contribution in [-0.2, 0) is 24.4 Å². The fourth-order valence-corrected chi connectivity index (χ4v) is 4.42. The van der Waals surface area contributed by atoms with Gasteiger partial charge in [-0.2, -0.15) is 13.2 Å². The van der Waals surface area contributed by atoms with Gasteiger partial charge in [-0.05, 0) is 30.5 Å². The first-order chi connectivity index (χ1) is 15.5. The van der Waals surface area contributed by atoms with E-state index >= 15 is 0 Å². The van der Waals surface area contributed by atoms with E-state index in [9.17, 15) is 31.9 Å². The summed E-state index contributed by atoms with van der Waals surface area (Å²) in [7, 11) is 0.830. The Morgan fingerprint density at radius 3 is 2.39 bits per heavy atom. The summed E-state index contributed by atoms with van der Waals surface area (Å²) in [5, 5.41) is -0.641. The Hall–Kier alpha value is -2.85. The lowest BCUT2D eigenvalue weighted by Gasteiger charge is -2.16. The molecule has 0 spiro atoms. The quantitative estimate of drug-likeness (QED) is 0.269. The van der Waals surface area contributed by atoms with E-state index in [1.54, 1.807) is 0 Å². The van der Waals surface area contributed by atoms with Gasteiger partial charge in [0.05, 0.1) is 16.0 Å². The highest BCUT2D eigenvalue weighted by molar-refractivity contribution is 8.00. The first-order valence-electron chi connectivity index (χ1n) is 9.58. The number of carbonyl (C=O) groups is 1. The topological polar surface area (TPSA) is 61.1 Å². The molecular formula is C22H17ClF4N2O3S. The molecule has 3 aromatic rings. The van der Waals surface area contributed by atoms with Crippen LogP contribution in [0.5, 0.6) is 0 Å². The smallest absolute Gasteiger partial charge is 0.302 e. The second-order valence-electron chi connectivity index (χ2n) is 7.09. The highest BCUT2D eigenvalue weighted by atomic mass is 35.5. The maximum atomic E-state index is 14.6. The van der Waals surface area contributed by atoms with Crippen LogP contribution in [0.1, 0.15) is 17.7 Å². The van der Waals surface area contributed by atoms with Gasteiger partial charge in [-0.3, -0.25) is 9.36 Å². The normalized spacial score (nSPS) is 12.5. The van der Waals surface area contributed by atoms with Crippen molar-refractivity contribution in [2.75, 3.05) is 0 Å². The predicted octanol–water partition coefficient (Wildman–Crippen LogP) is 4.64. The van der Waals surface area contributed by atoms with Gasteiger partial charge >= 0.3 is 11.9 Å². The highest BCUT2D eigenvalue weighted by Gasteiger charge is 2.35.